The molecule has 30 heavy (non-hydrogen) atoms. The number of likely N-dealkylation sites (N-methyl/N-ethyl adjacent to an activating group) is 1. The number of aromatic nitrogens is 2. The molecule has 3 unspecified atom stereocenters. The first kappa shape index (κ1) is 18.6. The van der Waals surface area contributed by atoms with E-state index in [9.17, 15) is 0 Å². The van der Waals surface area contributed by atoms with Crippen molar-refractivity contribution in [1.29, 1.82) is 0 Å². The highest BCUT2D eigenvalue weighted by Crippen LogP contribution is 2.46. The molecule has 5 heteroatoms. The number of benzene rings is 1. The molecule has 1 aliphatic carbocycles. The fraction of sp³-hybridized carbons (Fsp3) is 0.480. The maximum Gasteiger partial charge on any atom is 0.0795 e. The van der Waals surface area contributed by atoms with Crippen LogP contribution in [0.3, 0.4) is 0 Å². The third-order valence-electron chi connectivity index (χ3n) is 7.45. The van der Waals surface area contributed by atoms with Gasteiger partial charge in [0.2, 0.25) is 0 Å². The van der Waals surface area contributed by atoms with Crippen LogP contribution in [-0.2, 0) is 11.3 Å². The predicted octanol–water partition coefficient (Wildman–Crippen LogP) is 3.87. The number of pyridine rings is 1. The highest BCUT2D eigenvalue weighted by molar-refractivity contribution is 5.93. The van der Waals surface area contributed by atoms with Crippen molar-refractivity contribution in [2.75, 3.05) is 39.9 Å². The summed E-state index contributed by atoms with van der Waals surface area (Å²) < 4.78 is 5.48. The van der Waals surface area contributed by atoms with Gasteiger partial charge < -0.3 is 14.6 Å². The molecule has 0 spiro atoms. The SMILES string of the molecule is CN1CC2CC(c3ccc(-c4nccc5[nH]c(CN6CCOCC6)cc45)cc3)C1C2. The molecule has 3 atom stereocenters. The largest absolute Gasteiger partial charge is 0.379 e. The van der Waals surface area contributed by atoms with Crippen LogP contribution in [0.2, 0.25) is 0 Å². The Kier molecular flexibility index (Phi) is 4.63. The van der Waals surface area contributed by atoms with Gasteiger partial charge in [-0.3, -0.25) is 9.88 Å². The predicted molar refractivity (Wildman–Crippen MR) is 120 cm³/mol. The molecule has 156 valence electrons. The third kappa shape index (κ3) is 3.25. The molecule has 2 aromatic heterocycles. The number of ether oxygens (including phenoxy) is 1. The number of nitrogens with zero attached hydrogens (tertiary/aromatic N) is 3. The summed E-state index contributed by atoms with van der Waals surface area (Å²) in [6.07, 6.45) is 4.65. The van der Waals surface area contributed by atoms with Crippen molar-refractivity contribution in [2.45, 2.75) is 31.3 Å². The lowest BCUT2D eigenvalue weighted by Crippen LogP contribution is -2.35. The van der Waals surface area contributed by atoms with Gasteiger partial charge in [-0.15, -0.1) is 0 Å². The van der Waals surface area contributed by atoms with Crippen LogP contribution in [0.1, 0.15) is 30.0 Å². The lowest BCUT2D eigenvalue weighted by molar-refractivity contribution is 0.0337. The van der Waals surface area contributed by atoms with Gasteiger partial charge in [0.1, 0.15) is 0 Å². The molecule has 2 saturated heterocycles. The van der Waals surface area contributed by atoms with E-state index in [1.165, 1.54) is 47.1 Å². The Bertz CT molecular complexity index is 1040. The van der Waals surface area contributed by atoms with Crippen molar-refractivity contribution in [2.24, 2.45) is 5.92 Å². The second-order valence-corrected chi connectivity index (χ2v) is 9.38. The molecular weight excluding hydrogens is 372 g/mol. The Hall–Kier alpha value is -2.21. The van der Waals surface area contributed by atoms with E-state index in [0.717, 1.165) is 50.5 Å². The van der Waals surface area contributed by atoms with E-state index >= 15 is 0 Å². The van der Waals surface area contributed by atoms with Crippen molar-refractivity contribution in [3.63, 3.8) is 0 Å². The molecule has 5 nitrogen and oxygen atoms in total. The summed E-state index contributed by atoms with van der Waals surface area (Å²) in [6, 6.07) is 14.3. The number of aromatic amines is 1. The van der Waals surface area contributed by atoms with Gasteiger partial charge in [-0.25, -0.2) is 0 Å². The number of nitrogens with one attached hydrogen (secondary N) is 1. The van der Waals surface area contributed by atoms with Crippen LogP contribution in [0.5, 0.6) is 0 Å². The number of hydrogen-bond acceptors (Lipinski definition) is 4. The number of piperidine rings is 1. The molecule has 1 saturated carbocycles. The van der Waals surface area contributed by atoms with E-state index < -0.39 is 0 Å². The summed E-state index contributed by atoms with van der Waals surface area (Å²) >= 11 is 0. The average molecular weight is 403 g/mol. The van der Waals surface area contributed by atoms with Gasteiger partial charge in [0.05, 0.1) is 18.9 Å². The molecule has 3 aromatic rings. The summed E-state index contributed by atoms with van der Waals surface area (Å²) in [7, 11) is 2.29. The first-order valence-corrected chi connectivity index (χ1v) is 11.3. The Morgan fingerprint density at radius 1 is 1.10 bits per heavy atom. The molecule has 2 aliphatic heterocycles. The third-order valence-corrected chi connectivity index (χ3v) is 7.45. The topological polar surface area (TPSA) is 44.4 Å². The second-order valence-electron chi connectivity index (χ2n) is 9.38. The standard InChI is InChI=1S/C25H30N4O/c1-28-15-17-12-21(24(28)13-17)18-2-4-19(5-3-18)25-22-14-20(27-23(22)6-7-26-25)16-29-8-10-30-11-9-29/h2-7,14,17,21,24,27H,8-13,15-16H2,1H3. The van der Waals surface area contributed by atoms with E-state index in [4.69, 9.17) is 9.72 Å². The van der Waals surface area contributed by atoms with Crippen LogP contribution in [0.25, 0.3) is 22.2 Å². The second kappa shape index (κ2) is 7.49. The molecule has 6 rings (SSSR count). The fourth-order valence-electron chi connectivity index (χ4n) is 5.97. The number of morpholine rings is 1. The minimum absolute atomic E-state index is 0.693. The van der Waals surface area contributed by atoms with Gasteiger partial charge in [-0.05, 0) is 49.4 Å². The molecule has 0 radical (unpaired) electrons. The van der Waals surface area contributed by atoms with E-state index in [2.05, 4.69) is 58.2 Å². The zero-order valence-corrected chi connectivity index (χ0v) is 17.7. The van der Waals surface area contributed by atoms with Crippen LogP contribution < -0.4 is 0 Å². The molecule has 2 bridgehead atoms. The number of likely N-dealkylation sites (tertiary alicyclic amines) is 1. The van der Waals surface area contributed by atoms with Gasteiger partial charge in [0.15, 0.2) is 0 Å². The van der Waals surface area contributed by atoms with Crippen molar-refractivity contribution in [1.82, 2.24) is 19.8 Å². The average Bonchev–Trinajstić information content (AvgIpc) is 3.47. The zero-order valence-electron chi connectivity index (χ0n) is 17.7. The first-order valence-electron chi connectivity index (χ1n) is 11.3. The Labute approximate surface area is 178 Å². The van der Waals surface area contributed by atoms with Gasteiger partial charge in [0.25, 0.3) is 0 Å². The smallest absolute Gasteiger partial charge is 0.0795 e. The normalized spacial score (nSPS) is 27.3. The first-order chi connectivity index (χ1) is 14.7. The van der Waals surface area contributed by atoms with Crippen molar-refractivity contribution < 1.29 is 4.74 Å². The molecular formula is C25H30N4O. The molecule has 0 amide bonds. The Morgan fingerprint density at radius 2 is 1.93 bits per heavy atom. The van der Waals surface area contributed by atoms with Gasteiger partial charge in [0, 0.05) is 60.6 Å². The highest BCUT2D eigenvalue weighted by Gasteiger charge is 2.43. The molecule has 3 fully saturated rings. The maximum atomic E-state index is 5.48. The summed E-state index contributed by atoms with van der Waals surface area (Å²) in [5.41, 5.74) is 6.20. The summed E-state index contributed by atoms with van der Waals surface area (Å²) in [5, 5.41) is 1.22. The lowest BCUT2D eigenvalue weighted by Gasteiger charge is -2.30. The number of H-pyrrole nitrogens is 1. The van der Waals surface area contributed by atoms with Crippen LogP contribution >= 0.6 is 0 Å². The van der Waals surface area contributed by atoms with Crippen molar-refractivity contribution in [3.05, 3.63) is 53.9 Å². The van der Waals surface area contributed by atoms with E-state index in [0.29, 0.717) is 5.92 Å². The number of hydrogen-bond donors (Lipinski definition) is 1. The highest BCUT2D eigenvalue weighted by atomic mass is 16.5. The zero-order chi connectivity index (χ0) is 20.1. The lowest BCUT2D eigenvalue weighted by atomic mass is 9.90. The van der Waals surface area contributed by atoms with E-state index in [1.807, 2.05) is 6.20 Å². The van der Waals surface area contributed by atoms with Crippen LogP contribution in [-0.4, -0.2) is 65.7 Å². The fourth-order valence-corrected chi connectivity index (χ4v) is 5.97. The molecule has 1 aromatic carbocycles. The Morgan fingerprint density at radius 3 is 2.70 bits per heavy atom. The monoisotopic (exact) mass is 402 g/mol. The molecule has 3 aliphatic rings. The van der Waals surface area contributed by atoms with E-state index in [-0.39, 0.29) is 0 Å². The maximum absolute atomic E-state index is 5.48. The quantitative estimate of drug-likeness (QED) is 0.720. The summed E-state index contributed by atoms with van der Waals surface area (Å²) in [4.78, 5) is 13.4. The van der Waals surface area contributed by atoms with Crippen LogP contribution in [0.4, 0.5) is 0 Å². The minimum Gasteiger partial charge on any atom is -0.379 e. The van der Waals surface area contributed by atoms with Crippen molar-refractivity contribution in [3.8, 4) is 11.3 Å². The summed E-state index contributed by atoms with van der Waals surface area (Å²) in [5.74, 6) is 1.59. The number of rotatable bonds is 4. The number of fused-ring (bicyclic) bond motifs is 3. The molecule has 1 N–H and O–H groups in total. The van der Waals surface area contributed by atoms with Crippen molar-refractivity contribution >= 4 is 10.9 Å². The van der Waals surface area contributed by atoms with Gasteiger partial charge in [-0.1, -0.05) is 24.3 Å². The summed E-state index contributed by atoms with van der Waals surface area (Å²) in [6.45, 7) is 5.88. The van der Waals surface area contributed by atoms with E-state index in [1.54, 1.807) is 0 Å². The Balaban J connectivity index is 1.26. The van der Waals surface area contributed by atoms with Gasteiger partial charge in [-0.2, -0.15) is 0 Å². The minimum atomic E-state index is 0.693. The molecule has 4 heterocycles. The van der Waals surface area contributed by atoms with Gasteiger partial charge >= 0.3 is 0 Å². The van der Waals surface area contributed by atoms with Crippen LogP contribution in [0, 0.1) is 5.92 Å². The van der Waals surface area contributed by atoms with Crippen LogP contribution in [0.15, 0.2) is 42.6 Å².